The normalized spacial score (nSPS) is 48.2. The lowest BCUT2D eigenvalue weighted by Crippen LogP contribution is -2.60. The van der Waals surface area contributed by atoms with Crippen molar-refractivity contribution < 1.29 is 9.47 Å². The van der Waals surface area contributed by atoms with Gasteiger partial charge >= 0.3 is 0 Å². The summed E-state index contributed by atoms with van der Waals surface area (Å²) in [6, 6.07) is 0.735. The number of hydrogen-bond donors (Lipinski definition) is 0. The minimum absolute atomic E-state index is 0.193. The lowest BCUT2D eigenvalue weighted by atomic mass is 9.73. The van der Waals surface area contributed by atoms with Gasteiger partial charge in [0.25, 0.3) is 0 Å². The molecule has 4 fully saturated rings. The second-order valence-corrected chi connectivity index (χ2v) is 6.65. The maximum Gasteiger partial charge on any atom is 0.174 e. The van der Waals surface area contributed by atoms with Crippen molar-refractivity contribution in [3.8, 4) is 0 Å². The molecule has 3 heteroatoms. The Hall–Kier alpha value is -0.120. The number of hydrogen-bond acceptors (Lipinski definition) is 3. The summed E-state index contributed by atoms with van der Waals surface area (Å²) in [6.45, 7) is 5.22. The average molecular weight is 251 g/mol. The minimum Gasteiger partial charge on any atom is -0.347 e. The fourth-order valence-corrected chi connectivity index (χ4v) is 5.42. The molecule has 4 saturated heterocycles. The zero-order valence-corrected chi connectivity index (χ0v) is 11.5. The van der Waals surface area contributed by atoms with E-state index in [0.29, 0.717) is 11.5 Å². The molecule has 0 saturated carbocycles. The Morgan fingerprint density at radius 1 is 1.22 bits per heavy atom. The van der Waals surface area contributed by atoms with Crippen LogP contribution in [0.3, 0.4) is 0 Å². The average Bonchev–Trinajstić information content (AvgIpc) is 2.98. The monoisotopic (exact) mass is 251 g/mol. The van der Waals surface area contributed by atoms with Gasteiger partial charge in [-0.3, -0.25) is 4.90 Å². The Morgan fingerprint density at radius 2 is 2.06 bits per heavy atom. The lowest BCUT2D eigenvalue weighted by molar-refractivity contribution is -0.238. The lowest BCUT2D eigenvalue weighted by Gasteiger charge is -2.51. The van der Waals surface area contributed by atoms with E-state index in [1.54, 1.807) is 0 Å². The molecule has 4 aliphatic rings. The summed E-state index contributed by atoms with van der Waals surface area (Å²) < 4.78 is 12.3. The molecule has 4 atom stereocenters. The van der Waals surface area contributed by atoms with Gasteiger partial charge in [0.05, 0.1) is 13.2 Å². The molecule has 4 heterocycles. The summed E-state index contributed by atoms with van der Waals surface area (Å²) in [5.41, 5.74) is 0.434. The molecule has 4 rings (SSSR count). The van der Waals surface area contributed by atoms with E-state index in [9.17, 15) is 0 Å². The van der Waals surface area contributed by atoms with Gasteiger partial charge in [-0.05, 0) is 32.2 Å². The fraction of sp³-hybridized carbons (Fsp3) is 1.00. The van der Waals surface area contributed by atoms with Crippen molar-refractivity contribution >= 4 is 0 Å². The van der Waals surface area contributed by atoms with Gasteiger partial charge in [0.15, 0.2) is 5.79 Å². The number of rotatable bonds is 3. The summed E-state index contributed by atoms with van der Waals surface area (Å²) in [6.07, 6.45) is 9.20. The Labute approximate surface area is 110 Å². The second kappa shape index (κ2) is 3.94. The van der Waals surface area contributed by atoms with Crippen LogP contribution in [-0.2, 0) is 9.47 Å². The van der Waals surface area contributed by atoms with Crippen molar-refractivity contribution in [1.29, 1.82) is 0 Å². The van der Waals surface area contributed by atoms with E-state index in [4.69, 9.17) is 9.47 Å². The molecule has 0 N–H and O–H groups in total. The number of fused-ring (bicyclic) bond motifs is 1. The highest BCUT2D eigenvalue weighted by atomic mass is 16.7. The molecule has 4 bridgehead atoms. The van der Waals surface area contributed by atoms with E-state index < -0.39 is 0 Å². The van der Waals surface area contributed by atoms with Crippen LogP contribution in [0.5, 0.6) is 0 Å². The first-order valence-corrected chi connectivity index (χ1v) is 7.85. The van der Waals surface area contributed by atoms with Crippen LogP contribution in [0.4, 0.5) is 0 Å². The maximum atomic E-state index is 6.15. The van der Waals surface area contributed by atoms with Gasteiger partial charge in [-0.15, -0.1) is 0 Å². The van der Waals surface area contributed by atoms with Gasteiger partial charge in [-0.25, -0.2) is 0 Å². The maximum absolute atomic E-state index is 6.15. The first-order valence-electron chi connectivity index (χ1n) is 7.85. The summed E-state index contributed by atoms with van der Waals surface area (Å²) >= 11 is 0. The number of nitrogens with zero attached hydrogens (tertiary/aromatic N) is 1. The minimum atomic E-state index is -0.193. The van der Waals surface area contributed by atoms with Gasteiger partial charge < -0.3 is 9.47 Å². The highest BCUT2D eigenvalue weighted by Crippen LogP contribution is 2.60. The summed E-state index contributed by atoms with van der Waals surface area (Å²) in [5.74, 6) is 0.444. The predicted molar refractivity (Wildman–Crippen MR) is 69.3 cm³/mol. The largest absolute Gasteiger partial charge is 0.347 e. The van der Waals surface area contributed by atoms with E-state index in [2.05, 4.69) is 11.8 Å². The molecule has 0 radical (unpaired) electrons. The Bertz CT molecular complexity index is 339. The highest BCUT2D eigenvalue weighted by Gasteiger charge is 2.67. The van der Waals surface area contributed by atoms with E-state index >= 15 is 0 Å². The molecular formula is C15H25NO2. The van der Waals surface area contributed by atoms with Crippen molar-refractivity contribution in [2.75, 3.05) is 19.8 Å². The van der Waals surface area contributed by atoms with Crippen molar-refractivity contribution in [2.24, 2.45) is 5.92 Å². The Morgan fingerprint density at radius 3 is 2.83 bits per heavy atom. The topological polar surface area (TPSA) is 21.7 Å². The van der Waals surface area contributed by atoms with Gasteiger partial charge in [0.1, 0.15) is 0 Å². The zero-order chi connectivity index (χ0) is 12.2. The summed E-state index contributed by atoms with van der Waals surface area (Å²) in [7, 11) is 0. The third kappa shape index (κ3) is 1.31. The summed E-state index contributed by atoms with van der Waals surface area (Å²) in [4.78, 5) is 2.84. The SMILES string of the molecule is CCCC[C@@]12CC[C@H]3CC4(OCCO4)[C@@H]1CCN32. The molecule has 0 amide bonds. The van der Waals surface area contributed by atoms with E-state index in [0.717, 1.165) is 25.7 Å². The molecule has 0 aliphatic carbocycles. The van der Waals surface area contributed by atoms with E-state index in [1.165, 1.54) is 45.1 Å². The third-order valence-electron chi connectivity index (χ3n) is 6.02. The van der Waals surface area contributed by atoms with Crippen LogP contribution < -0.4 is 0 Å². The molecular weight excluding hydrogens is 226 g/mol. The zero-order valence-electron chi connectivity index (χ0n) is 11.5. The van der Waals surface area contributed by atoms with Crippen LogP contribution in [0.15, 0.2) is 0 Å². The Kier molecular flexibility index (Phi) is 2.56. The van der Waals surface area contributed by atoms with Crippen molar-refractivity contribution in [3.63, 3.8) is 0 Å². The van der Waals surface area contributed by atoms with Gasteiger partial charge in [-0.1, -0.05) is 19.8 Å². The van der Waals surface area contributed by atoms with Crippen LogP contribution in [-0.4, -0.2) is 42.0 Å². The van der Waals surface area contributed by atoms with Crippen LogP contribution in [0.1, 0.15) is 51.9 Å². The second-order valence-electron chi connectivity index (χ2n) is 6.65. The quantitative estimate of drug-likeness (QED) is 0.769. The molecule has 102 valence electrons. The predicted octanol–water partition coefficient (Wildman–Crippen LogP) is 2.55. The molecule has 1 spiro atoms. The Balaban J connectivity index is 1.69. The number of ether oxygens (including phenoxy) is 2. The van der Waals surface area contributed by atoms with Crippen molar-refractivity contribution in [2.45, 2.75) is 69.2 Å². The smallest absolute Gasteiger partial charge is 0.174 e. The van der Waals surface area contributed by atoms with Gasteiger partial charge in [0, 0.05) is 23.9 Å². The molecule has 0 aromatic heterocycles. The first kappa shape index (κ1) is 11.7. The molecule has 4 aliphatic heterocycles. The summed E-state index contributed by atoms with van der Waals surface area (Å²) in [5, 5.41) is 0. The van der Waals surface area contributed by atoms with Crippen LogP contribution in [0, 0.1) is 5.92 Å². The van der Waals surface area contributed by atoms with E-state index in [1.807, 2.05) is 0 Å². The standard InChI is InChI=1S/C15H25NO2/c1-2-3-6-14-7-4-12-11-15(17-9-10-18-15)13(14)5-8-16(12)14/h12-13H,2-11H2,1H3/t12-,13+,14+/m0/s1. The van der Waals surface area contributed by atoms with E-state index in [-0.39, 0.29) is 5.79 Å². The number of unbranched alkanes of at least 4 members (excludes halogenated alkanes) is 1. The first-order chi connectivity index (χ1) is 8.81. The number of piperidine rings is 1. The fourth-order valence-electron chi connectivity index (χ4n) is 5.42. The van der Waals surface area contributed by atoms with Crippen LogP contribution >= 0.6 is 0 Å². The van der Waals surface area contributed by atoms with Crippen LogP contribution in [0.2, 0.25) is 0 Å². The highest BCUT2D eigenvalue weighted by molar-refractivity contribution is 5.18. The molecule has 3 nitrogen and oxygen atoms in total. The molecule has 18 heavy (non-hydrogen) atoms. The molecule has 0 aromatic carbocycles. The van der Waals surface area contributed by atoms with Gasteiger partial charge in [-0.2, -0.15) is 0 Å². The van der Waals surface area contributed by atoms with Crippen LogP contribution in [0.25, 0.3) is 0 Å². The van der Waals surface area contributed by atoms with Gasteiger partial charge in [0.2, 0.25) is 0 Å². The van der Waals surface area contributed by atoms with Crippen molar-refractivity contribution in [1.82, 2.24) is 4.90 Å². The molecule has 0 aromatic rings. The molecule has 1 unspecified atom stereocenters. The third-order valence-corrected chi connectivity index (χ3v) is 6.02. The van der Waals surface area contributed by atoms with Crippen molar-refractivity contribution in [3.05, 3.63) is 0 Å².